The Balaban J connectivity index is 1.64. The molecule has 2 aromatic heterocycles. The summed E-state index contributed by atoms with van der Waals surface area (Å²) in [6, 6.07) is 3.73. The number of carbonyl (C=O) groups excluding carboxylic acids is 1. The number of rotatable bonds is 4. The lowest BCUT2D eigenvalue weighted by molar-refractivity contribution is 0.0599. The number of ether oxygens (including phenoxy) is 1. The number of nitrogens with zero attached hydrogens (tertiary/aromatic N) is 3. The molecule has 0 saturated heterocycles. The number of hydrogen-bond acceptors (Lipinski definition) is 4. The van der Waals surface area contributed by atoms with Gasteiger partial charge < -0.3 is 10.1 Å². The fraction of sp³-hybridized carbons (Fsp3) is 0.438. The Hall–Kier alpha value is -2.21. The zero-order valence-corrected chi connectivity index (χ0v) is 12.6. The molecule has 3 rings (SSSR count). The summed E-state index contributed by atoms with van der Waals surface area (Å²) in [7, 11) is 1.75. The smallest absolute Gasteiger partial charge is 0.251 e. The number of aromatic nitrogens is 3. The highest BCUT2D eigenvalue weighted by molar-refractivity contribution is 5.94. The maximum Gasteiger partial charge on any atom is 0.251 e. The molecule has 6 heteroatoms. The molecule has 2 heterocycles. The van der Waals surface area contributed by atoms with Crippen LogP contribution in [0.3, 0.4) is 0 Å². The Bertz CT molecular complexity index is 619. The molecule has 0 spiro atoms. The largest absolute Gasteiger partial charge is 0.381 e. The van der Waals surface area contributed by atoms with Crippen molar-refractivity contribution in [1.29, 1.82) is 0 Å². The molecule has 1 aliphatic carbocycles. The predicted octanol–water partition coefficient (Wildman–Crippen LogP) is 1.95. The van der Waals surface area contributed by atoms with Gasteiger partial charge in [0.05, 0.1) is 6.10 Å². The number of amides is 1. The van der Waals surface area contributed by atoms with E-state index in [1.54, 1.807) is 48.7 Å². The van der Waals surface area contributed by atoms with E-state index in [9.17, 15) is 4.79 Å². The molecule has 0 aromatic carbocycles. The van der Waals surface area contributed by atoms with Gasteiger partial charge in [0, 0.05) is 37.3 Å². The average molecular weight is 300 g/mol. The number of carbonyl (C=O) groups is 1. The van der Waals surface area contributed by atoms with E-state index in [2.05, 4.69) is 15.3 Å². The first-order chi connectivity index (χ1) is 10.8. The van der Waals surface area contributed by atoms with E-state index in [1.807, 2.05) is 0 Å². The zero-order chi connectivity index (χ0) is 15.4. The van der Waals surface area contributed by atoms with Crippen LogP contribution in [0.4, 0.5) is 0 Å². The Morgan fingerprint density at radius 2 is 2.14 bits per heavy atom. The first kappa shape index (κ1) is 14.7. The van der Waals surface area contributed by atoms with E-state index >= 15 is 0 Å². The third-order valence-electron chi connectivity index (χ3n) is 4.12. The molecule has 0 unspecified atom stereocenters. The third kappa shape index (κ3) is 3.33. The molecule has 0 aliphatic heterocycles. The van der Waals surface area contributed by atoms with Gasteiger partial charge in [0.1, 0.15) is 12.1 Å². The summed E-state index contributed by atoms with van der Waals surface area (Å²) in [6.07, 6.45) is 11.0. The Labute approximate surface area is 129 Å². The minimum absolute atomic E-state index is 0.0513. The summed E-state index contributed by atoms with van der Waals surface area (Å²) >= 11 is 0. The Morgan fingerprint density at radius 3 is 2.82 bits per heavy atom. The van der Waals surface area contributed by atoms with Crippen LogP contribution in [0.25, 0.3) is 5.82 Å². The van der Waals surface area contributed by atoms with Crippen molar-refractivity contribution in [3.05, 3.63) is 42.6 Å². The molecule has 1 aliphatic rings. The summed E-state index contributed by atoms with van der Waals surface area (Å²) in [5.41, 5.74) is 0.618. The molecule has 1 N–H and O–H groups in total. The second kappa shape index (κ2) is 6.70. The minimum atomic E-state index is -0.0513. The molecule has 22 heavy (non-hydrogen) atoms. The molecular weight excluding hydrogens is 280 g/mol. The van der Waals surface area contributed by atoms with E-state index < -0.39 is 0 Å². The van der Waals surface area contributed by atoms with Crippen molar-refractivity contribution in [2.24, 2.45) is 0 Å². The van der Waals surface area contributed by atoms with Gasteiger partial charge in [-0.1, -0.05) is 0 Å². The first-order valence-electron chi connectivity index (χ1n) is 7.54. The number of methoxy groups -OCH3 is 1. The lowest BCUT2D eigenvalue weighted by Crippen LogP contribution is -2.39. The minimum Gasteiger partial charge on any atom is -0.381 e. The van der Waals surface area contributed by atoms with Crippen molar-refractivity contribution >= 4 is 5.91 Å². The van der Waals surface area contributed by atoms with Crippen LogP contribution in [0, 0.1) is 0 Å². The van der Waals surface area contributed by atoms with Crippen LogP contribution >= 0.6 is 0 Å². The molecule has 1 saturated carbocycles. The van der Waals surface area contributed by atoms with Gasteiger partial charge in [-0.15, -0.1) is 0 Å². The van der Waals surface area contributed by atoms with E-state index in [4.69, 9.17) is 4.74 Å². The van der Waals surface area contributed by atoms with Crippen LogP contribution in [0.1, 0.15) is 36.0 Å². The number of nitrogens with one attached hydrogen (secondary N) is 1. The van der Waals surface area contributed by atoms with Gasteiger partial charge in [0.15, 0.2) is 0 Å². The van der Waals surface area contributed by atoms with Crippen LogP contribution < -0.4 is 5.32 Å². The molecule has 1 fully saturated rings. The van der Waals surface area contributed by atoms with Crippen LogP contribution in [-0.2, 0) is 4.74 Å². The highest BCUT2D eigenvalue weighted by atomic mass is 16.5. The second-order valence-corrected chi connectivity index (χ2v) is 5.56. The normalized spacial score (nSPS) is 21.5. The fourth-order valence-electron chi connectivity index (χ4n) is 2.81. The van der Waals surface area contributed by atoms with Crippen LogP contribution in [-0.4, -0.2) is 39.7 Å². The van der Waals surface area contributed by atoms with E-state index in [0.29, 0.717) is 17.5 Å². The Morgan fingerprint density at radius 1 is 1.32 bits per heavy atom. The SMILES string of the molecule is COC1CCC(NC(=O)c2ccnc(-n3ccnc3)c2)CC1. The summed E-state index contributed by atoms with van der Waals surface area (Å²) < 4.78 is 7.13. The van der Waals surface area contributed by atoms with Crippen LogP contribution in [0.5, 0.6) is 0 Å². The van der Waals surface area contributed by atoms with Gasteiger partial charge in [-0.2, -0.15) is 0 Å². The van der Waals surface area contributed by atoms with E-state index in [0.717, 1.165) is 25.7 Å². The molecule has 116 valence electrons. The maximum absolute atomic E-state index is 12.4. The van der Waals surface area contributed by atoms with Crippen molar-refractivity contribution in [3.63, 3.8) is 0 Å². The predicted molar refractivity (Wildman–Crippen MR) is 81.9 cm³/mol. The van der Waals surface area contributed by atoms with Gasteiger partial charge in [0.25, 0.3) is 5.91 Å². The zero-order valence-electron chi connectivity index (χ0n) is 12.6. The molecule has 6 nitrogen and oxygen atoms in total. The van der Waals surface area contributed by atoms with Gasteiger partial charge in [-0.05, 0) is 37.8 Å². The summed E-state index contributed by atoms with van der Waals surface area (Å²) in [5, 5.41) is 3.11. The number of hydrogen-bond donors (Lipinski definition) is 1. The highest BCUT2D eigenvalue weighted by Crippen LogP contribution is 2.21. The number of pyridine rings is 1. The van der Waals surface area contributed by atoms with E-state index in [1.165, 1.54) is 0 Å². The number of imidazole rings is 1. The molecule has 0 atom stereocenters. The highest BCUT2D eigenvalue weighted by Gasteiger charge is 2.22. The van der Waals surface area contributed by atoms with Crippen molar-refractivity contribution < 1.29 is 9.53 Å². The van der Waals surface area contributed by atoms with Gasteiger partial charge in [0.2, 0.25) is 0 Å². The standard InChI is InChI=1S/C16H20N4O2/c1-22-14-4-2-13(3-5-14)19-16(21)12-6-7-18-15(10-12)20-9-8-17-11-20/h6-11,13-14H,2-5H2,1H3,(H,19,21). The molecule has 0 bridgehead atoms. The first-order valence-corrected chi connectivity index (χ1v) is 7.54. The van der Waals surface area contributed by atoms with Crippen molar-refractivity contribution in [3.8, 4) is 5.82 Å². The molecular formula is C16H20N4O2. The second-order valence-electron chi connectivity index (χ2n) is 5.56. The molecule has 1 amide bonds. The van der Waals surface area contributed by atoms with Crippen molar-refractivity contribution in [2.75, 3.05) is 7.11 Å². The van der Waals surface area contributed by atoms with Crippen molar-refractivity contribution in [1.82, 2.24) is 19.9 Å². The summed E-state index contributed by atoms with van der Waals surface area (Å²) in [5.74, 6) is 0.637. The lowest BCUT2D eigenvalue weighted by atomic mass is 9.93. The summed E-state index contributed by atoms with van der Waals surface area (Å²) in [4.78, 5) is 20.6. The molecule has 0 radical (unpaired) electrons. The monoisotopic (exact) mass is 300 g/mol. The molecule has 2 aromatic rings. The maximum atomic E-state index is 12.4. The van der Waals surface area contributed by atoms with Crippen LogP contribution in [0.15, 0.2) is 37.1 Å². The quantitative estimate of drug-likeness (QED) is 0.937. The van der Waals surface area contributed by atoms with Crippen molar-refractivity contribution in [2.45, 2.75) is 37.8 Å². The summed E-state index contributed by atoms with van der Waals surface area (Å²) in [6.45, 7) is 0. The average Bonchev–Trinajstić information content (AvgIpc) is 3.10. The van der Waals surface area contributed by atoms with E-state index in [-0.39, 0.29) is 11.9 Å². The topological polar surface area (TPSA) is 69.0 Å². The van der Waals surface area contributed by atoms with Gasteiger partial charge >= 0.3 is 0 Å². The van der Waals surface area contributed by atoms with Gasteiger partial charge in [-0.25, -0.2) is 9.97 Å². The van der Waals surface area contributed by atoms with Gasteiger partial charge in [-0.3, -0.25) is 9.36 Å². The fourth-order valence-corrected chi connectivity index (χ4v) is 2.81. The Kier molecular flexibility index (Phi) is 4.48. The third-order valence-corrected chi connectivity index (χ3v) is 4.12. The lowest BCUT2D eigenvalue weighted by Gasteiger charge is -2.28. The van der Waals surface area contributed by atoms with Crippen LogP contribution in [0.2, 0.25) is 0 Å².